The molecule has 0 aliphatic heterocycles. The molecular formula is C14H30N2. The lowest BCUT2D eigenvalue weighted by Gasteiger charge is -2.19. The monoisotopic (exact) mass is 226 g/mol. The Bertz CT molecular complexity index is 174. The lowest BCUT2D eigenvalue weighted by molar-refractivity contribution is 0.286. The van der Waals surface area contributed by atoms with Gasteiger partial charge in [0.2, 0.25) is 0 Å². The van der Waals surface area contributed by atoms with E-state index in [4.69, 9.17) is 0 Å². The first kappa shape index (κ1) is 15.7. The average molecular weight is 226 g/mol. The van der Waals surface area contributed by atoms with Crippen molar-refractivity contribution in [2.45, 2.75) is 40.5 Å². The summed E-state index contributed by atoms with van der Waals surface area (Å²) in [5, 5.41) is 3.34. The molecule has 16 heavy (non-hydrogen) atoms. The van der Waals surface area contributed by atoms with Crippen LogP contribution < -0.4 is 5.32 Å². The Morgan fingerprint density at radius 3 is 2.25 bits per heavy atom. The highest BCUT2D eigenvalue weighted by Gasteiger charge is 2.03. The van der Waals surface area contributed by atoms with Gasteiger partial charge in [0.1, 0.15) is 0 Å². The summed E-state index contributed by atoms with van der Waals surface area (Å²) in [5.41, 5.74) is 0. The van der Waals surface area contributed by atoms with Crippen molar-refractivity contribution in [3.05, 3.63) is 12.2 Å². The molecule has 0 aromatic rings. The van der Waals surface area contributed by atoms with Gasteiger partial charge in [-0.15, -0.1) is 0 Å². The van der Waals surface area contributed by atoms with E-state index in [1.807, 2.05) is 0 Å². The van der Waals surface area contributed by atoms with Crippen molar-refractivity contribution >= 4 is 0 Å². The van der Waals surface area contributed by atoms with Crippen molar-refractivity contribution in [3.63, 3.8) is 0 Å². The fourth-order valence-corrected chi connectivity index (χ4v) is 1.83. The number of hydrogen-bond acceptors (Lipinski definition) is 2. The topological polar surface area (TPSA) is 15.3 Å². The molecule has 2 nitrogen and oxygen atoms in total. The van der Waals surface area contributed by atoms with Gasteiger partial charge < -0.3 is 5.32 Å². The fraction of sp³-hybridized carbons (Fsp3) is 0.857. The third-order valence-corrected chi connectivity index (χ3v) is 2.99. The van der Waals surface area contributed by atoms with Crippen molar-refractivity contribution in [2.75, 3.05) is 26.8 Å². The Labute approximate surface area is 102 Å². The van der Waals surface area contributed by atoms with Gasteiger partial charge in [0.05, 0.1) is 0 Å². The number of hydrogen-bond donors (Lipinski definition) is 1. The van der Waals surface area contributed by atoms with Crippen LogP contribution in [0.5, 0.6) is 0 Å². The Morgan fingerprint density at radius 1 is 1.12 bits per heavy atom. The summed E-state index contributed by atoms with van der Waals surface area (Å²) in [5.74, 6) is 1.41. The minimum absolute atomic E-state index is 0.643. The molecule has 0 heterocycles. The SMILES string of the molecule is CCNCN(C)CC(C)C=CC(CC)CC. The predicted molar refractivity (Wildman–Crippen MR) is 73.5 cm³/mol. The first-order valence-electron chi connectivity index (χ1n) is 6.71. The molecule has 0 amide bonds. The highest BCUT2D eigenvalue weighted by atomic mass is 15.2. The molecule has 2 heteroatoms. The molecule has 0 aromatic heterocycles. The lowest BCUT2D eigenvalue weighted by Crippen LogP contribution is -2.33. The van der Waals surface area contributed by atoms with E-state index in [1.165, 1.54) is 12.8 Å². The van der Waals surface area contributed by atoms with Gasteiger partial charge in [0.25, 0.3) is 0 Å². The second kappa shape index (κ2) is 9.86. The Morgan fingerprint density at radius 2 is 1.75 bits per heavy atom. The van der Waals surface area contributed by atoms with Crippen molar-refractivity contribution in [1.82, 2.24) is 10.2 Å². The minimum atomic E-state index is 0.643. The van der Waals surface area contributed by atoms with Crippen LogP contribution in [0.2, 0.25) is 0 Å². The maximum atomic E-state index is 3.34. The molecule has 1 N–H and O–H groups in total. The van der Waals surface area contributed by atoms with Gasteiger partial charge in [-0.25, -0.2) is 0 Å². The average Bonchev–Trinajstić information content (AvgIpc) is 2.27. The van der Waals surface area contributed by atoms with E-state index in [9.17, 15) is 0 Å². The largest absolute Gasteiger partial charge is 0.305 e. The highest BCUT2D eigenvalue weighted by Crippen LogP contribution is 2.11. The molecule has 0 bridgehead atoms. The molecule has 0 aromatic carbocycles. The summed E-state index contributed by atoms with van der Waals surface area (Å²) < 4.78 is 0. The van der Waals surface area contributed by atoms with E-state index in [2.05, 4.69) is 57.1 Å². The second-order valence-corrected chi connectivity index (χ2v) is 4.74. The van der Waals surface area contributed by atoms with Gasteiger partial charge in [-0.2, -0.15) is 0 Å². The van der Waals surface area contributed by atoms with Gasteiger partial charge in [-0.3, -0.25) is 4.90 Å². The van der Waals surface area contributed by atoms with Crippen LogP contribution in [0.1, 0.15) is 40.5 Å². The summed E-state index contributed by atoms with van der Waals surface area (Å²) >= 11 is 0. The lowest BCUT2D eigenvalue weighted by atomic mass is 10.0. The standard InChI is InChI=1S/C14H30N2/c1-6-14(7-2)10-9-13(4)11-16(5)12-15-8-3/h9-10,13-15H,6-8,11-12H2,1-5H3. The smallest absolute Gasteiger partial charge is 0.0477 e. The van der Waals surface area contributed by atoms with E-state index < -0.39 is 0 Å². The number of allylic oxidation sites excluding steroid dienone is 1. The van der Waals surface area contributed by atoms with Crippen molar-refractivity contribution in [3.8, 4) is 0 Å². The van der Waals surface area contributed by atoms with Gasteiger partial charge in [0, 0.05) is 13.2 Å². The fourth-order valence-electron chi connectivity index (χ4n) is 1.83. The van der Waals surface area contributed by atoms with Gasteiger partial charge in [-0.1, -0.05) is 39.8 Å². The molecule has 0 saturated carbocycles. The molecule has 0 aliphatic rings. The first-order valence-corrected chi connectivity index (χ1v) is 6.71. The molecular weight excluding hydrogens is 196 g/mol. The van der Waals surface area contributed by atoms with Crippen molar-refractivity contribution in [2.24, 2.45) is 11.8 Å². The third kappa shape index (κ3) is 7.89. The second-order valence-electron chi connectivity index (χ2n) is 4.74. The van der Waals surface area contributed by atoms with E-state index in [1.54, 1.807) is 0 Å². The third-order valence-electron chi connectivity index (χ3n) is 2.99. The molecule has 1 unspecified atom stereocenters. The van der Waals surface area contributed by atoms with Gasteiger partial charge in [-0.05, 0) is 38.3 Å². The molecule has 1 atom stereocenters. The molecule has 0 aliphatic carbocycles. The van der Waals surface area contributed by atoms with Gasteiger partial charge in [0.15, 0.2) is 0 Å². The molecule has 0 rings (SSSR count). The summed E-state index contributed by atoms with van der Waals surface area (Å²) in [4.78, 5) is 2.34. The van der Waals surface area contributed by atoms with Crippen LogP contribution in [0.15, 0.2) is 12.2 Å². The van der Waals surface area contributed by atoms with E-state index in [0.717, 1.165) is 25.7 Å². The summed E-state index contributed by atoms with van der Waals surface area (Å²) in [6.07, 6.45) is 7.28. The number of nitrogens with one attached hydrogen (secondary N) is 1. The van der Waals surface area contributed by atoms with Crippen LogP contribution in [0.4, 0.5) is 0 Å². The van der Waals surface area contributed by atoms with Crippen LogP contribution in [0, 0.1) is 11.8 Å². The van der Waals surface area contributed by atoms with Crippen LogP contribution in [-0.2, 0) is 0 Å². The zero-order valence-corrected chi connectivity index (χ0v) is 11.8. The van der Waals surface area contributed by atoms with Crippen molar-refractivity contribution < 1.29 is 0 Å². The normalized spacial score (nSPS) is 14.2. The summed E-state index contributed by atoms with van der Waals surface area (Å²) in [7, 11) is 2.17. The Hall–Kier alpha value is -0.340. The van der Waals surface area contributed by atoms with Crippen LogP contribution >= 0.6 is 0 Å². The van der Waals surface area contributed by atoms with Gasteiger partial charge >= 0.3 is 0 Å². The maximum Gasteiger partial charge on any atom is 0.0477 e. The molecule has 0 saturated heterocycles. The molecule has 96 valence electrons. The van der Waals surface area contributed by atoms with Crippen LogP contribution in [-0.4, -0.2) is 31.7 Å². The molecule has 0 fully saturated rings. The Balaban J connectivity index is 3.82. The van der Waals surface area contributed by atoms with Crippen LogP contribution in [0.25, 0.3) is 0 Å². The summed E-state index contributed by atoms with van der Waals surface area (Å²) in [6, 6.07) is 0. The number of nitrogens with zero attached hydrogens (tertiary/aromatic N) is 1. The molecule has 0 radical (unpaired) electrons. The highest BCUT2D eigenvalue weighted by molar-refractivity contribution is 4.91. The zero-order valence-electron chi connectivity index (χ0n) is 11.8. The zero-order chi connectivity index (χ0) is 12.4. The Kier molecular flexibility index (Phi) is 9.65. The minimum Gasteiger partial charge on any atom is -0.305 e. The summed E-state index contributed by atoms with van der Waals surface area (Å²) in [6.45, 7) is 12.1. The first-order chi connectivity index (χ1) is 7.63. The van der Waals surface area contributed by atoms with E-state index in [0.29, 0.717) is 5.92 Å². The predicted octanol–water partition coefficient (Wildman–Crippen LogP) is 3.11. The van der Waals surface area contributed by atoms with Crippen LogP contribution in [0.3, 0.4) is 0 Å². The van der Waals surface area contributed by atoms with Crippen molar-refractivity contribution in [1.29, 1.82) is 0 Å². The quantitative estimate of drug-likeness (QED) is 0.480. The maximum absolute atomic E-state index is 3.34. The number of rotatable bonds is 9. The van der Waals surface area contributed by atoms with E-state index in [-0.39, 0.29) is 0 Å². The molecule has 0 spiro atoms. The van der Waals surface area contributed by atoms with E-state index >= 15 is 0 Å².